The van der Waals surface area contributed by atoms with Crippen molar-refractivity contribution in [3.05, 3.63) is 78.4 Å². The van der Waals surface area contributed by atoms with Crippen molar-refractivity contribution >= 4 is 23.2 Å². The van der Waals surface area contributed by atoms with Crippen LogP contribution in [0, 0.1) is 5.92 Å². The topological polar surface area (TPSA) is 77.5 Å². The van der Waals surface area contributed by atoms with Gasteiger partial charge in [-0.05, 0) is 62.2 Å². The van der Waals surface area contributed by atoms with Gasteiger partial charge in [0.15, 0.2) is 17.6 Å². The highest BCUT2D eigenvalue weighted by Crippen LogP contribution is 2.49. The van der Waals surface area contributed by atoms with E-state index in [2.05, 4.69) is 6.92 Å². The van der Waals surface area contributed by atoms with Gasteiger partial charge in [-0.2, -0.15) is 0 Å². The second-order valence-electron chi connectivity index (χ2n) is 9.44. The van der Waals surface area contributed by atoms with Crippen molar-refractivity contribution in [1.82, 2.24) is 0 Å². The minimum atomic E-state index is -0.963. The fourth-order valence-electron chi connectivity index (χ4n) is 5.11. The summed E-state index contributed by atoms with van der Waals surface area (Å²) in [4.78, 5) is 35.1. The Hall–Kier alpha value is -4.04. The number of ether oxygens (including phenoxy) is 3. The van der Waals surface area contributed by atoms with Gasteiger partial charge in [0.2, 0.25) is 5.91 Å². The lowest BCUT2D eigenvalue weighted by molar-refractivity contribution is -0.126. The number of para-hydroxylation sites is 1. The summed E-state index contributed by atoms with van der Waals surface area (Å²) < 4.78 is 17.5. The van der Waals surface area contributed by atoms with Gasteiger partial charge < -0.3 is 14.2 Å². The molecule has 0 unspecified atom stereocenters. The fourth-order valence-corrected chi connectivity index (χ4v) is 5.11. The molecule has 3 aromatic carbocycles. The van der Waals surface area contributed by atoms with Crippen LogP contribution in [-0.4, -0.2) is 37.7 Å². The molecule has 39 heavy (non-hydrogen) atoms. The van der Waals surface area contributed by atoms with E-state index in [1.807, 2.05) is 62.4 Å². The molecule has 0 N–H and O–H groups in total. The minimum Gasteiger partial charge on any atom is -0.494 e. The maximum atomic E-state index is 14.0. The fraction of sp³-hybridized carbons (Fsp3) is 0.355. The van der Waals surface area contributed by atoms with Crippen LogP contribution in [0.1, 0.15) is 45.2 Å². The molecule has 5 rings (SSSR count). The summed E-state index contributed by atoms with van der Waals surface area (Å²) in [6, 6.07) is 21.7. The molecule has 2 fully saturated rings. The third-order valence-corrected chi connectivity index (χ3v) is 6.88. The Morgan fingerprint density at radius 2 is 1.54 bits per heavy atom. The van der Waals surface area contributed by atoms with E-state index < -0.39 is 24.0 Å². The molecule has 0 aliphatic carbocycles. The van der Waals surface area contributed by atoms with Gasteiger partial charge in [0.05, 0.1) is 37.2 Å². The van der Waals surface area contributed by atoms with Crippen LogP contribution in [-0.2, 0) is 14.4 Å². The molecule has 204 valence electrons. The molecule has 3 aromatic rings. The number of hydrogen-bond donors (Lipinski definition) is 0. The highest BCUT2D eigenvalue weighted by atomic mass is 16.7. The number of carbonyl (C=O) groups is 2. The van der Waals surface area contributed by atoms with Crippen molar-refractivity contribution in [2.24, 2.45) is 5.92 Å². The maximum Gasteiger partial charge on any atom is 0.266 e. The third kappa shape index (κ3) is 5.16. The van der Waals surface area contributed by atoms with Gasteiger partial charge in [-0.25, -0.2) is 9.96 Å². The van der Waals surface area contributed by atoms with Crippen molar-refractivity contribution in [2.45, 2.75) is 45.8 Å². The minimum absolute atomic E-state index is 0.316. The zero-order valence-electron chi connectivity index (χ0n) is 22.5. The van der Waals surface area contributed by atoms with Crippen LogP contribution in [0.15, 0.2) is 72.8 Å². The van der Waals surface area contributed by atoms with Crippen LogP contribution in [0.25, 0.3) is 0 Å². The molecule has 0 saturated carbocycles. The smallest absolute Gasteiger partial charge is 0.266 e. The van der Waals surface area contributed by atoms with Gasteiger partial charge in [0.1, 0.15) is 11.7 Å². The number of unbranched alkanes of at least 4 members (excludes halogenated alkanes) is 1. The molecule has 0 radical (unpaired) electrons. The normalized spacial score (nSPS) is 20.3. The zero-order chi connectivity index (χ0) is 27.4. The number of rotatable bonds is 11. The molecule has 8 nitrogen and oxygen atoms in total. The highest BCUT2D eigenvalue weighted by Gasteiger charge is 2.60. The Morgan fingerprint density at radius 3 is 2.28 bits per heavy atom. The Labute approximate surface area is 229 Å². The number of imide groups is 1. The lowest BCUT2D eigenvalue weighted by Gasteiger charge is -2.29. The first kappa shape index (κ1) is 26.6. The largest absolute Gasteiger partial charge is 0.494 e. The molecule has 2 amide bonds. The number of anilines is 2. The average Bonchev–Trinajstić information content (AvgIpc) is 3.46. The van der Waals surface area contributed by atoms with Crippen LogP contribution in [0.3, 0.4) is 0 Å². The van der Waals surface area contributed by atoms with Gasteiger partial charge in [0, 0.05) is 6.07 Å². The van der Waals surface area contributed by atoms with E-state index in [0.717, 1.165) is 24.1 Å². The summed E-state index contributed by atoms with van der Waals surface area (Å²) in [5, 5.41) is 1.68. The number of carbonyl (C=O) groups excluding carboxylic acids is 2. The molecule has 2 aliphatic rings. The van der Waals surface area contributed by atoms with Gasteiger partial charge in [-0.1, -0.05) is 43.7 Å². The average molecular weight is 531 g/mol. The molecule has 2 saturated heterocycles. The third-order valence-electron chi connectivity index (χ3n) is 6.88. The van der Waals surface area contributed by atoms with Crippen LogP contribution in [0.5, 0.6) is 17.2 Å². The second kappa shape index (κ2) is 11.8. The first-order chi connectivity index (χ1) is 19.1. The summed E-state index contributed by atoms with van der Waals surface area (Å²) >= 11 is 0. The molecular formula is C31H34N2O6. The van der Waals surface area contributed by atoms with E-state index in [1.54, 1.807) is 29.3 Å². The van der Waals surface area contributed by atoms with Gasteiger partial charge in [-0.3, -0.25) is 14.4 Å². The molecular weight excluding hydrogens is 496 g/mol. The number of fused-ring (bicyclic) bond motifs is 1. The van der Waals surface area contributed by atoms with E-state index in [4.69, 9.17) is 19.0 Å². The molecule has 0 bridgehead atoms. The second-order valence-corrected chi connectivity index (χ2v) is 9.44. The van der Waals surface area contributed by atoms with Crippen LogP contribution >= 0.6 is 0 Å². The molecule has 8 heteroatoms. The SMILES string of the molecule is CCCCOc1ccc([C@H]2[C@H]3C(=O)N(c4cccc(OCC)c4)C(=O)[C@@H]3ON2c2ccccc2)cc1OCC. The molecule has 0 spiro atoms. The summed E-state index contributed by atoms with van der Waals surface area (Å²) in [5.74, 6) is 0.375. The van der Waals surface area contributed by atoms with E-state index in [-0.39, 0.29) is 5.91 Å². The summed E-state index contributed by atoms with van der Waals surface area (Å²) in [5.41, 5.74) is 2.01. The Balaban J connectivity index is 1.54. The van der Waals surface area contributed by atoms with Crippen molar-refractivity contribution in [1.29, 1.82) is 0 Å². The monoisotopic (exact) mass is 530 g/mol. The first-order valence-electron chi connectivity index (χ1n) is 13.6. The highest BCUT2D eigenvalue weighted by molar-refractivity contribution is 6.24. The number of benzene rings is 3. The quantitative estimate of drug-likeness (QED) is 0.232. The molecule has 0 aromatic heterocycles. The lowest BCUT2D eigenvalue weighted by atomic mass is 9.90. The predicted octanol–water partition coefficient (Wildman–Crippen LogP) is 5.71. The summed E-state index contributed by atoms with van der Waals surface area (Å²) in [6.45, 7) is 7.45. The Bertz CT molecular complexity index is 1310. The van der Waals surface area contributed by atoms with Crippen LogP contribution < -0.4 is 24.2 Å². The van der Waals surface area contributed by atoms with Crippen molar-refractivity contribution < 1.29 is 28.6 Å². The van der Waals surface area contributed by atoms with Gasteiger partial charge in [0.25, 0.3) is 5.91 Å². The van der Waals surface area contributed by atoms with Crippen LogP contribution in [0.2, 0.25) is 0 Å². The molecule has 2 heterocycles. The number of hydroxylamine groups is 1. The number of nitrogens with zero attached hydrogens (tertiary/aromatic N) is 2. The standard InChI is InChI=1S/C31H34N2O6/c1-4-7-18-38-25-17-16-21(19-26(25)37-6-3)28-27-29(39-33(28)22-12-9-8-10-13-22)31(35)32(30(27)34)23-14-11-15-24(20-23)36-5-2/h8-17,19-20,27-29H,4-7,18H2,1-3H3/t27-,28+,29-/m1/s1. The maximum absolute atomic E-state index is 14.0. The van der Waals surface area contributed by atoms with E-state index in [9.17, 15) is 9.59 Å². The number of amides is 2. The Morgan fingerprint density at radius 1 is 0.769 bits per heavy atom. The van der Waals surface area contributed by atoms with Crippen molar-refractivity contribution in [2.75, 3.05) is 29.8 Å². The van der Waals surface area contributed by atoms with Crippen LogP contribution in [0.4, 0.5) is 11.4 Å². The molecule has 3 atom stereocenters. The van der Waals surface area contributed by atoms with E-state index in [0.29, 0.717) is 42.8 Å². The van der Waals surface area contributed by atoms with Gasteiger partial charge in [-0.15, -0.1) is 0 Å². The zero-order valence-corrected chi connectivity index (χ0v) is 22.5. The van der Waals surface area contributed by atoms with Crippen molar-refractivity contribution in [3.63, 3.8) is 0 Å². The summed E-state index contributed by atoms with van der Waals surface area (Å²) in [6.07, 6.45) is 0.998. The summed E-state index contributed by atoms with van der Waals surface area (Å²) in [7, 11) is 0. The van der Waals surface area contributed by atoms with Crippen molar-refractivity contribution in [3.8, 4) is 17.2 Å². The Kier molecular flexibility index (Phi) is 8.02. The lowest BCUT2D eigenvalue weighted by Crippen LogP contribution is -2.37. The predicted molar refractivity (Wildman–Crippen MR) is 148 cm³/mol. The first-order valence-corrected chi connectivity index (χ1v) is 13.6. The van der Waals surface area contributed by atoms with Gasteiger partial charge >= 0.3 is 0 Å². The van der Waals surface area contributed by atoms with E-state index in [1.165, 1.54) is 4.90 Å². The molecule has 2 aliphatic heterocycles. The van der Waals surface area contributed by atoms with E-state index >= 15 is 0 Å². The number of hydrogen-bond acceptors (Lipinski definition) is 7.